The molecule has 3 aromatic rings. The van der Waals surface area contributed by atoms with E-state index in [2.05, 4.69) is 20.5 Å². The molecule has 0 fully saturated rings. The zero-order chi connectivity index (χ0) is 16.9. The molecular formula is C17H13N5O2. The number of anilines is 1. The predicted octanol–water partition coefficient (Wildman–Crippen LogP) is 1.89. The van der Waals surface area contributed by atoms with E-state index in [0.29, 0.717) is 16.9 Å². The summed E-state index contributed by atoms with van der Waals surface area (Å²) in [7, 11) is 0. The number of nitrogens with two attached hydrogens (primary N) is 1. The Morgan fingerprint density at radius 3 is 2.46 bits per heavy atom. The van der Waals surface area contributed by atoms with E-state index in [1.54, 1.807) is 12.1 Å². The second-order valence-electron chi connectivity index (χ2n) is 4.95. The van der Waals surface area contributed by atoms with Crippen molar-refractivity contribution in [2.24, 2.45) is 5.73 Å². The number of hydrogen-bond donors (Lipinski definition) is 2. The Kier molecular flexibility index (Phi) is 4.24. The quantitative estimate of drug-likeness (QED) is 0.763. The van der Waals surface area contributed by atoms with Gasteiger partial charge in [0.15, 0.2) is 0 Å². The summed E-state index contributed by atoms with van der Waals surface area (Å²) in [6.07, 6.45) is 2.75. The van der Waals surface area contributed by atoms with Crippen LogP contribution in [0.4, 0.5) is 5.69 Å². The lowest BCUT2D eigenvalue weighted by atomic mass is 10.1. The number of benzene rings is 1. The predicted molar refractivity (Wildman–Crippen MR) is 88.2 cm³/mol. The molecule has 2 aromatic heterocycles. The summed E-state index contributed by atoms with van der Waals surface area (Å²) >= 11 is 0. The first-order valence-electron chi connectivity index (χ1n) is 7.09. The van der Waals surface area contributed by atoms with Crippen molar-refractivity contribution in [3.05, 3.63) is 72.2 Å². The van der Waals surface area contributed by atoms with Gasteiger partial charge in [0.1, 0.15) is 5.69 Å². The highest BCUT2D eigenvalue weighted by molar-refractivity contribution is 6.04. The third-order valence-corrected chi connectivity index (χ3v) is 3.26. The first kappa shape index (κ1) is 15.3. The third-order valence-electron chi connectivity index (χ3n) is 3.26. The summed E-state index contributed by atoms with van der Waals surface area (Å²) in [6, 6.07) is 14.1. The van der Waals surface area contributed by atoms with Gasteiger partial charge in [0.25, 0.3) is 11.8 Å². The van der Waals surface area contributed by atoms with Gasteiger partial charge >= 0.3 is 0 Å². The molecule has 0 aliphatic heterocycles. The van der Waals surface area contributed by atoms with E-state index in [4.69, 9.17) is 5.73 Å². The van der Waals surface area contributed by atoms with E-state index in [0.717, 1.165) is 5.56 Å². The summed E-state index contributed by atoms with van der Waals surface area (Å²) < 4.78 is 0. The highest BCUT2D eigenvalue weighted by Gasteiger charge is 2.10. The first-order valence-corrected chi connectivity index (χ1v) is 7.09. The van der Waals surface area contributed by atoms with Crippen LogP contribution in [0.15, 0.2) is 60.9 Å². The lowest BCUT2D eigenvalue weighted by molar-refractivity contribution is 0.0994. The van der Waals surface area contributed by atoms with Gasteiger partial charge in [0, 0.05) is 5.56 Å². The number of pyridine rings is 1. The molecule has 7 nitrogen and oxygen atoms in total. The average Bonchev–Trinajstić information content (AvgIpc) is 2.63. The van der Waals surface area contributed by atoms with Crippen LogP contribution in [0.2, 0.25) is 0 Å². The second-order valence-corrected chi connectivity index (χ2v) is 4.95. The van der Waals surface area contributed by atoms with Gasteiger partial charge in [-0.1, -0.05) is 30.3 Å². The van der Waals surface area contributed by atoms with E-state index in [-0.39, 0.29) is 11.6 Å². The maximum atomic E-state index is 12.3. The number of hydrogen-bond acceptors (Lipinski definition) is 5. The van der Waals surface area contributed by atoms with Crippen LogP contribution in [-0.4, -0.2) is 27.0 Å². The first-order chi connectivity index (χ1) is 11.6. The zero-order valence-electron chi connectivity index (χ0n) is 12.5. The molecule has 0 bridgehead atoms. The molecule has 118 valence electrons. The fourth-order valence-corrected chi connectivity index (χ4v) is 2.06. The minimum absolute atomic E-state index is 0.130. The molecule has 24 heavy (non-hydrogen) atoms. The zero-order valence-corrected chi connectivity index (χ0v) is 12.5. The van der Waals surface area contributed by atoms with Crippen LogP contribution in [-0.2, 0) is 0 Å². The number of nitrogens with one attached hydrogen (secondary N) is 1. The van der Waals surface area contributed by atoms with Crippen LogP contribution in [0, 0.1) is 0 Å². The number of carbonyl (C=O) groups is 2. The monoisotopic (exact) mass is 319 g/mol. The molecule has 0 aliphatic carbocycles. The topological polar surface area (TPSA) is 111 Å². The van der Waals surface area contributed by atoms with Gasteiger partial charge in [0.05, 0.1) is 29.3 Å². The standard InChI is InChI=1S/C17H13N5O2/c18-16(23)14-7-6-13(10-19-14)21-17(24)12-8-15(22-20-9-12)11-4-2-1-3-5-11/h1-10H,(H2,18,23)(H,21,24). The van der Waals surface area contributed by atoms with E-state index in [1.165, 1.54) is 18.5 Å². The number of nitrogens with zero attached hydrogens (tertiary/aromatic N) is 3. The van der Waals surface area contributed by atoms with Gasteiger partial charge in [-0.25, -0.2) is 4.98 Å². The Morgan fingerprint density at radius 2 is 1.79 bits per heavy atom. The summed E-state index contributed by atoms with van der Waals surface area (Å²) in [5.74, 6) is -0.977. The molecule has 2 amide bonds. The number of amides is 2. The van der Waals surface area contributed by atoms with Crippen molar-refractivity contribution in [2.45, 2.75) is 0 Å². The Labute approximate surface area is 137 Å². The van der Waals surface area contributed by atoms with Crippen LogP contribution < -0.4 is 11.1 Å². The van der Waals surface area contributed by atoms with E-state index in [9.17, 15) is 9.59 Å². The van der Waals surface area contributed by atoms with Crippen molar-refractivity contribution < 1.29 is 9.59 Å². The third kappa shape index (κ3) is 3.41. The van der Waals surface area contributed by atoms with Gasteiger partial charge in [-0.05, 0) is 18.2 Å². The number of aromatic nitrogens is 3. The molecule has 3 rings (SSSR count). The summed E-state index contributed by atoms with van der Waals surface area (Å²) in [6.45, 7) is 0. The number of rotatable bonds is 4. The van der Waals surface area contributed by atoms with Crippen LogP contribution in [0.1, 0.15) is 20.8 Å². The van der Waals surface area contributed by atoms with Crippen molar-refractivity contribution >= 4 is 17.5 Å². The second kappa shape index (κ2) is 6.66. The van der Waals surface area contributed by atoms with Crippen molar-refractivity contribution in [1.29, 1.82) is 0 Å². The fourth-order valence-electron chi connectivity index (χ4n) is 2.06. The van der Waals surface area contributed by atoms with Crippen molar-refractivity contribution in [3.8, 4) is 11.3 Å². The van der Waals surface area contributed by atoms with Gasteiger partial charge in [-0.15, -0.1) is 0 Å². The Morgan fingerprint density at radius 1 is 1.00 bits per heavy atom. The summed E-state index contributed by atoms with van der Waals surface area (Å²) in [5.41, 5.74) is 7.53. The van der Waals surface area contributed by atoms with Crippen LogP contribution in [0.25, 0.3) is 11.3 Å². The summed E-state index contributed by atoms with van der Waals surface area (Å²) in [5, 5.41) is 10.6. The minimum atomic E-state index is -0.626. The van der Waals surface area contributed by atoms with Gasteiger partial charge in [-0.2, -0.15) is 10.2 Å². The normalized spacial score (nSPS) is 10.2. The van der Waals surface area contributed by atoms with Gasteiger partial charge in [-0.3, -0.25) is 9.59 Å². The van der Waals surface area contributed by atoms with Crippen LogP contribution in [0.3, 0.4) is 0 Å². The molecule has 7 heteroatoms. The molecule has 0 aliphatic rings. The number of carbonyl (C=O) groups excluding carboxylic acids is 2. The highest BCUT2D eigenvalue weighted by Crippen LogP contribution is 2.17. The Hall–Kier alpha value is -3.61. The van der Waals surface area contributed by atoms with E-state index >= 15 is 0 Å². The molecule has 0 spiro atoms. The lowest BCUT2D eigenvalue weighted by Crippen LogP contribution is -2.15. The Balaban J connectivity index is 1.79. The van der Waals surface area contributed by atoms with Crippen LogP contribution in [0.5, 0.6) is 0 Å². The van der Waals surface area contributed by atoms with Crippen LogP contribution >= 0.6 is 0 Å². The largest absolute Gasteiger partial charge is 0.364 e. The average molecular weight is 319 g/mol. The SMILES string of the molecule is NC(=O)c1ccc(NC(=O)c2cnnc(-c3ccccc3)c2)cn1. The molecule has 0 saturated carbocycles. The van der Waals surface area contributed by atoms with Gasteiger partial charge < -0.3 is 11.1 Å². The van der Waals surface area contributed by atoms with Crippen molar-refractivity contribution in [2.75, 3.05) is 5.32 Å². The smallest absolute Gasteiger partial charge is 0.267 e. The molecule has 2 heterocycles. The Bertz CT molecular complexity index is 879. The van der Waals surface area contributed by atoms with E-state index in [1.807, 2.05) is 30.3 Å². The van der Waals surface area contributed by atoms with E-state index < -0.39 is 5.91 Å². The molecule has 0 unspecified atom stereocenters. The lowest BCUT2D eigenvalue weighted by Gasteiger charge is -2.06. The van der Waals surface area contributed by atoms with Gasteiger partial charge in [0.2, 0.25) is 0 Å². The maximum absolute atomic E-state index is 12.3. The molecule has 0 radical (unpaired) electrons. The molecular weight excluding hydrogens is 306 g/mol. The molecule has 0 atom stereocenters. The minimum Gasteiger partial charge on any atom is -0.364 e. The summed E-state index contributed by atoms with van der Waals surface area (Å²) in [4.78, 5) is 27.2. The molecule has 0 saturated heterocycles. The molecule has 3 N–H and O–H groups in total. The van der Waals surface area contributed by atoms with Crippen molar-refractivity contribution in [1.82, 2.24) is 15.2 Å². The fraction of sp³-hybridized carbons (Fsp3) is 0. The number of primary amides is 1. The maximum Gasteiger partial charge on any atom is 0.267 e. The molecule has 1 aromatic carbocycles. The van der Waals surface area contributed by atoms with Crippen molar-refractivity contribution in [3.63, 3.8) is 0 Å². The highest BCUT2D eigenvalue weighted by atomic mass is 16.2.